The number of benzene rings is 1. The van der Waals surface area contributed by atoms with E-state index in [4.69, 9.17) is 5.73 Å². The molecule has 0 radical (unpaired) electrons. The van der Waals surface area contributed by atoms with E-state index in [1.165, 1.54) is 12.1 Å². The highest BCUT2D eigenvalue weighted by atomic mass is 19.1. The summed E-state index contributed by atoms with van der Waals surface area (Å²) in [6.45, 7) is 0.382. The van der Waals surface area contributed by atoms with Gasteiger partial charge in [-0.2, -0.15) is 0 Å². The lowest BCUT2D eigenvalue weighted by molar-refractivity contribution is -0.123. The van der Waals surface area contributed by atoms with Crippen molar-refractivity contribution in [2.24, 2.45) is 5.73 Å². The van der Waals surface area contributed by atoms with Gasteiger partial charge in [-0.3, -0.25) is 9.69 Å². The molecule has 0 saturated heterocycles. The zero-order chi connectivity index (χ0) is 17.0. The zero-order valence-electron chi connectivity index (χ0n) is 13.4. The van der Waals surface area contributed by atoms with Gasteiger partial charge >= 0.3 is 0 Å². The quantitative estimate of drug-likeness (QED) is 0.870. The van der Waals surface area contributed by atoms with Gasteiger partial charge in [-0.05, 0) is 30.8 Å². The average Bonchev–Trinajstić information content (AvgIpc) is 2.47. The zero-order valence-corrected chi connectivity index (χ0v) is 13.4. The summed E-state index contributed by atoms with van der Waals surface area (Å²) in [6.07, 6.45) is 1.66. The molecular weight excluding hydrogens is 297 g/mol. The molecule has 1 aromatic carbocycles. The summed E-state index contributed by atoms with van der Waals surface area (Å²) in [4.78, 5) is 23.9. The van der Waals surface area contributed by atoms with Crippen LogP contribution in [0.3, 0.4) is 0 Å². The molecule has 2 aromatic rings. The van der Waals surface area contributed by atoms with Gasteiger partial charge in [0.2, 0.25) is 11.9 Å². The van der Waals surface area contributed by atoms with Crippen LogP contribution in [0.5, 0.6) is 0 Å². The van der Waals surface area contributed by atoms with Crippen molar-refractivity contribution in [3.8, 4) is 0 Å². The molecule has 0 aliphatic heterocycles. The molecule has 0 spiro atoms. The minimum atomic E-state index is -0.733. The second-order valence-corrected chi connectivity index (χ2v) is 5.52. The van der Waals surface area contributed by atoms with E-state index in [9.17, 15) is 9.18 Å². The third-order valence-corrected chi connectivity index (χ3v) is 3.39. The molecule has 122 valence electrons. The first kappa shape index (κ1) is 16.8. The first-order chi connectivity index (χ1) is 10.9. The molecule has 23 heavy (non-hydrogen) atoms. The van der Waals surface area contributed by atoms with E-state index in [2.05, 4.69) is 9.97 Å². The molecule has 0 unspecified atom stereocenters. The number of likely N-dealkylation sites (N-methyl/N-ethyl adjacent to an activating group) is 1. The largest absolute Gasteiger partial charge is 0.368 e. The molecule has 2 N–H and O–H groups in total. The Labute approximate surface area is 134 Å². The normalized spacial score (nSPS) is 12.2. The van der Waals surface area contributed by atoms with E-state index in [-0.39, 0.29) is 0 Å². The first-order valence-corrected chi connectivity index (χ1v) is 7.12. The number of rotatable bonds is 6. The van der Waals surface area contributed by atoms with Crippen LogP contribution in [0.2, 0.25) is 0 Å². The van der Waals surface area contributed by atoms with Gasteiger partial charge in [0.05, 0.1) is 5.69 Å². The maximum Gasteiger partial charge on any atom is 0.239 e. The van der Waals surface area contributed by atoms with E-state index in [0.717, 1.165) is 5.69 Å². The Bertz CT molecular complexity index is 692. The highest BCUT2D eigenvalue weighted by molar-refractivity contribution is 5.81. The number of halogens is 1. The lowest BCUT2D eigenvalue weighted by Gasteiger charge is -2.25. The monoisotopic (exact) mass is 317 g/mol. The highest BCUT2D eigenvalue weighted by Gasteiger charge is 2.23. The van der Waals surface area contributed by atoms with E-state index >= 15 is 0 Å². The molecule has 0 aliphatic carbocycles. The van der Waals surface area contributed by atoms with E-state index < -0.39 is 17.8 Å². The number of nitrogens with two attached hydrogens (primary N) is 1. The number of aromatic nitrogens is 2. The Hall–Kier alpha value is -2.54. The van der Waals surface area contributed by atoms with Crippen LogP contribution in [0.15, 0.2) is 36.5 Å². The predicted octanol–water partition coefficient (Wildman–Crippen LogP) is 1.34. The van der Waals surface area contributed by atoms with Crippen molar-refractivity contribution in [1.29, 1.82) is 0 Å². The van der Waals surface area contributed by atoms with Crippen LogP contribution >= 0.6 is 0 Å². The maximum atomic E-state index is 13.4. The molecule has 1 aromatic heterocycles. The van der Waals surface area contributed by atoms with Gasteiger partial charge in [0.1, 0.15) is 11.9 Å². The van der Waals surface area contributed by atoms with Gasteiger partial charge in [-0.25, -0.2) is 14.4 Å². The smallest absolute Gasteiger partial charge is 0.239 e. The molecule has 1 amide bonds. The van der Waals surface area contributed by atoms with Gasteiger partial charge in [0, 0.05) is 26.8 Å². The Morgan fingerprint density at radius 3 is 2.65 bits per heavy atom. The molecule has 0 aliphatic rings. The second kappa shape index (κ2) is 7.15. The minimum absolute atomic E-state index is 0.382. The number of anilines is 1. The van der Waals surface area contributed by atoms with Gasteiger partial charge in [-0.1, -0.05) is 12.1 Å². The number of nitrogens with zero attached hydrogens (tertiary/aromatic N) is 4. The number of carbonyl (C=O) groups excluding carboxylic acids is 1. The first-order valence-electron chi connectivity index (χ1n) is 7.12. The predicted molar refractivity (Wildman–Crippen MR) is 86.2 cm³/mol. The van der Waals surface area contributed by atoms with Crippen LogP contribution in [-0.4, -0.2) is 41.9 Å². The fourth-order valence-electron chi connectivity index (χ4n) is 2.35. The van der Waals surface area contributed by atoms with Gasteiger partial charge < -0.3 is 10.6 Å². The number of amides is 1. The minimum Gasteiger partial charge on any atom is -0.368 e. The van der Waals surface area contributed by atoms with Crippen LogP contribution in [0.1, 0.15) is 17.3 Å². The van der Waals surface area contributed by atoms with E-state index in [0.29, 0.717) is 18.1 Å². The Balaban J connectivity index is 2.24. The van der Waals surface area contributed by atoms with Crippen LogP contribution in [-0.2, 0) is 11.3 Å². The highest BCUT2D eigenvalue weighted by Crippen LogP contribution is 2.21. The van der Waals surface area contributed by atoms with Crippen LogP contribution in [0.4, 0.5) is 10.3 Å². The molecule has 0 saturated carbocycles. The third-order valence-electron chi connectivity index (χ3n) is 3.39. The van der Waals surface area contributed by atoms with Gasteiger partial charge in [0.25, 0.3) is 0 Å². The van der Waals surface area contributed by atoms with Gasteiger partial charge in [0.15, 0.2) is 0 Å². The maximum absolute atomic E-state index is 13.4. The van der Waals surface area contributed by atoms with Crippen molar-refractivity contribution in [3.63, 3.8) is 0 Å². The summed E-state index contributed by atoms with van der Waals surface area (Å²) in [5, 5.41) is 0. The Morgan fingerprint density at radius 1 is 1.30 bits per heavy atom. The summed E-state index contributed by atoms with van der Waals surface area (Å²) in [5.41, 5.74) is 6.77. The summed E-state index contributed by atoms with van der Waals surface area (Å²) in [5.74, 6) is -0.364. The number of carbonyl (C=O) groups is 1. The van der Waals surface area contributed by atoms with Crippen molar-refractivity contribution in [2.75, 3.05) is 26.0 Å². The molecule has 1 atom stereocenters. The molecule has 2 rings (SSSR count). The van der Waals surface area contributed by atoms with Crippen molar-refractivity contribution >= 4 is 11.9 Å². The molecule has 1 heterocycles. The van der Waals surface area contributed by atoms with E-state index in [1.54, 1.807) is 41.2 Å². The number of primary amides is 1. The van der Waals surface area contributed by atoms with Crippen LogP contribution in [0, 0.1) is 5.82 Å². The SMILES string of the molecule is CN(C)c1nccc(CN(C)[C@@H](C(N)=O)c2cccc(F)c2)n1. The van der Waals surface area contributed by atoms with Crippen molar-refractivity contribution < 1.29 is 9.18 Å². The van der Waals surface area contributed by atoms with Crippen LogP contribution < -0.4 is 10.6 Å². The fraction of sp³-hybridized carbons (Fsp3) is 0.312. The Kier molecular flexibility index (Phi) is 5.23. The molecule has 0 fully saturated rings. The second-order valence-electron chi connectivity index (χ2n) is 5.52. The molecule has 6 nitrogen and oxygen atoms in total. The number of hydrogen-bond donors (Lipinski definition) is 1. The average molecular weight is 317 g/mol. The number of hydrogen-bond acceptors (Lipinski definition) is 5. The van der Waals surface area contributed by atoms with Crippen molar-refractivity contribution in [2.45, 2.75) is 12.6 Å². The Morgan fingerprint density at radius 2 is 2.04 bits per heavy atom. The fourth-order valence-corrected chi connectivity index (χ4v) is 2.35. The standard InChI is InChI=1S/C16H20FN5O/c1-21(2)16-19-8-7-13(20-16)10-22(3)14(15(18)23)11-5-4-6-12(17)9-11/h4-9,14H,10H2,1-3H3,(H2,18,23)/t14-/m1/s1. The molecule has 0 bridgehead atoms. The summed E-state index contributed by atoms with van der Waals surface area (Å²) in [6, 6.07) is 6.92. The molecule has 7 heteroatoms. The summed E-state index contributed by atoms with van der Waals surface area (Å²) < 4.78 is 13.4. The van der Waals surface area contributed by atoms with E-state index in [1.807, 2.05) is 14.1 Å². The molecular formula is C16H20FN5O. The van der Waals surface area contributed by atoms with Crippen molar-refractivity contribution in [3.05, 3.63) is 53.6 Å². The lowest BCUT2D eigenvalue weighted by Crippen LogP contribution is -2.35. The lowest BCUT2D eigenvalue weighted by atomic mass is 10.0. The topological polar surface area (TPSA) is 75.3 Å². The summed E-state index contributed by atoms with van der Waals surface area (Å²) in [7, 11) is 5.45. The summed E-state index contributed by atoms with van der Waals surface area (Å²) >= 11 is 0. The van der Waals surface area contributed by atoms with Crippen molar-refractivity contribution in [1.82, 2.24) is 14.9 Å². The van der Waals surface area contributed by atoms with Crippen LogP contribution in [0.25, 0.3) is 0 Å². The van der Waals surface area contributed by atoms with Gasteiger partial charge in [-0.15, -0.1) is 0 Å². The third kappa shape index (κ3) is 4.23.